The summed E-state index contributed by atoms with van der Waals surface area (Å²) < 4.78 is 54.0. The Bertz CT molecular complexity index is 817. The van der Waals surface area contributed by atoms with Crippen LogP contribution in [0.25, 0.3) is 0 Å². The Labute approximate surface area is 196 Å². The molecule has 2 aliphatic carbocycles. The summed E-state index contributed by atoms with van der Waals surface area (Å²) in [5, 5.41) is 0. The third kappa shape index (κ3) is 8.72. The molecule has 5 heteroatoms. The van der Waals surface area contributed by atoms with E-state index >= 15 is 0 Å². The maximum atomic E-state index is 13.8. The molecule has 0 heterocycles. The Morgan fingerprint density at radius 2 is 1.64 bits per heavy atom. The smallest absolute Gasteiger partial charge is 0.403 e. The fourth-order valence-electron chi connectivity index (χ4n) is 5.54. The lowest BCUT2D eigenvalue weighted by Crippen LogP contribution is -2.25. The monoisotopic (exact) mass is 464 g/mol. The molecule has 0 amide bonds. The zero-order chi connectivity index (χ0) is 23.7. The number of allylic oxidation sites excluding steroid dienone is 2. The van der Waals surface area contributed by atoms with Gasteiger partial charge in [-0.2, -0.15) is 0 Å². The van der Waals surface area contributed by atoms with Crippen LogP contribution in [-0.2, 0) is 0 Å². The molecule has 1 aromatic carbocycles. The SMILES string of the molecule is CCCCC[C@H]1CC[C@H](C2CCC(/C=C/C#Cc3ccc(OC(F)(F)F)c(F)c3)CC2)CC1. The van der Waals surface area contributed by atoms with Gasteiger partial charge in [-0.3, -0.25) is 0 Å². The van der Waals surface area contributed by atoms with E-state index < -0.39 is 17.9 Å². The molecule has 2 fully saturated rings. The van der Waals surface area contributed by atoms with E-state index in [-0.39, 0.29) is 0 Å². The van der Waals surface area contributed by atoms with Crippen molar-refractivity contribution in [2.45, 2.75) is 90.3 Å². The molecule has 182 valence electrons. The van der Waals surface area contributed by atoms with Gasteiger partial charge >= 0.3 is 6.36 Å². The van der Waals surface area contributed by atoms with E-state index in [9.17, 15) is 17.6 Å². The van der Waals surface area contributed by atoms with Crippen LogP contribution in [0.5, 0.6) is 5.75 Å². The van der Waals surface area contributed by atoms with Crippen molar-refractivity contribution in [3.05, 3.63) is 41.7 Å². The minimum absolute atomic E-state index is 0.320. The lowest BCUT2D eigenvalue weighted by atomic mass is 9.68. The summed E-state index contributed by atoms with van der Waals surface area (Å²) in [6, 6.07) is 3.25. The van der Waals surface area contributed by atoms with E-state index in [0.717, 1.165) is 29.9 Å². The minimum Gasteiger partial charge on any atom is -0.403 e. The predicted octanol–water partition coefficient (Wildman–Crippen LogP) is 8.83. The van der Waals surface area contributed by atoms with Gasteiger partial charge in [0.25, 0.3) is 0 Å². The number of benzene rings is 1. The van der Waals surface area contributed by atoms with Crippen molar-refractivity contribution < 1.29 is 22.3 Å². The van der Waals surface area contributed by atoms with Gasteiger partial charge in [0.2, 0.25) is 0 Å². The van der Waals surface area contributed by atoms with Gasteiger partial charge in [0.05, 0.1) is 0 Å². The molecular weight excluding hydrogens is 428 g/mol. The van der Waals surface area contributed by atoms with Crippen LogP contribution >= 0.6 is 0 Å². The lowest BCUT2D eigenvalue weighted by molar-refractivity contribution is -0.275. The first-order chi connectivity index (χ1) is 15.8. The van der Waals surface area contributed by atoms with Crippen LogP contribution in [0.3, 0.4) is 0 Å². The summed E-state index contributed by atoms with van der Waals surface area (Å²) in [7, 11) is 0. The molecule has 2 aliphatic rings. The van der Waals surface area contributed by atoms with Crippen LogP contribution in [0.2, 0.25) is 0 Å². The molecule has 0 bridgehead atoms. The third-order valence-corrected chi connectivity index (χ3v) is 7.42. The molecule has 0 spiro atoms. The predicted molar refractivity (Wildman–Crippen MR) is 124 cm³/mol. The number of ether oxygens (including phenoxy) is 1. The van der Waals surface area contributed by atoms with Crippen LogP contribution in [0.4, 0.5) is 17.6 Å². The van der Waals surface area contributed by atoms with Crippen molar-refractivity contribution in [3.8, 4) is 17.6 Å². The highest BCUT2D eigenvalue weighted by Crippen LogP contribution is 2.42. The molecule has 3 rings (SSSR count). The average molecular weight is 465 g/mol. The first-order valence-electron chi connectivity index (χ1n) is 12.6. The molecule has 0 aromatic heterocycles. The van der Waals surface area contributed by atoms with Gasteiger partial charge in [-0.25, -0.2) is 4.39 Å². The zero-order valence-electron chi connectivity index (χ0n) is 19.6. The average Bonchev–Trinajstić information content (AvgIpc) is 2.79. The molecule has 0 unspecified atom stereocenters. The van der Waals surface area contributed by atoms with Gasteiger partial charge in [-0.05, 0) is 86.5 Å². The highest BCUT2D eigenvalue weighted by atomic mass is 19.4. The highest BCUT2D eigenvalue weighted by molar-refractivity contribution is 5.41. The summed E-state index contributed by atoms with van der Waals surface area (Å²) in [6.45, 7) is 2.27. The van der Waals surface area contributed by atoms with E-state index in [0.29, 0.717) is 11.5 Å². The first kappa shape index (κ1) is 25.7. The second kappa shape index (κ2) is 12.5. The molecular formula is C28H36F4O. The Kier molecular flexibility index (Phi) is 9.71. The second-order valence-corrected chi connectivity index (χ2v) is 9.77. The molecule has 33 heavy (non-hydrogen) atoms. The maximum absolute atomic E-state index is 13.8. The van der Waals surface area contributed by atoms with Crippen molar-refractivity contribution >= 4 is 0 Å². The largest absolute Gasteiger partial charge is 0.573 e. The summed E-state index contributed by atoms with van der Waals surface area (Å²) in [6.07, 6.45) is 15.2. The minimum atomic E-state index is -4.91. The highest BCUT2D eigenvalue weighted by Gasteiger charge is 2.32. The topological polar surface area (TPSA) is 9.23 Å². The molecule has 0 atom stereocenters. The van der Waals surface area contributed by atoms with Crippen LogP contribution in [-0.4, -0.2) is 6.36 Å². The number of alkyl halides is 3. The van der Waals surface area contributed by atoms with Gasteiger partial charge in [-0.1, -0.05) is 63.4 Å². The van der Waals surface area contributed by atoms with Crippen molar-refractivity contribution in [2.24, 2.45) is 23.7 Å². The van der Waals surface area contributed by atoms with Crippen LogP contribution < -0.4 is 4.74 Å². The fourth-order valence-corrected chi connectivity index (χ4v) is 5.54. The Morgan fingerprint density at radius 3 is 2.24 bits per heavy atom. The van der Waals surface area contributed by atoms with Crippen LogP contribution in [0, 0.1) is 41.3 Å². The van der Waals surface area contributed by atoms with Crippen LogP contribution in [0.1, 0.15) is 89.5 Å². The standard InChI is InChI=1S/C28H36F4O/c1-2-3-4-7-21-10-15-24(16-11-21)25-17-12-22(13-18-25)8-5-6-9-23-14-19-27(26(29)20-23)33-28(30,31)32/h5,8,14,19-22,24-25H,2-4,7,10-13,15-18H2,1H3/b8-5+/t21-,22?,24-,25?. The zero-order valence-corrected chi connectivity index (χ0v) is 19.6. The number of hydrogen-bond donors (Lipinski definition) is 0. The van der Waals surface area contributed by atoms with Gasteiger partial charge in [0.15, 0.2) is 11.6 Å². The van der Waals surface area contributed by atoms with Crippen LogP contribution in [0.15, 0.2) is 30.4 Å². The molecule has 0 radical (unpaired) electrons. The third-order valence-electron chi connectivity index (χ3n) is 7.42. The molecule has 1 aromatic rings. The van der Waals surface area contributed by atoms with Crippen molar-refractivity contribution in [3.63, 3.8) is 0 Å². The van der Waals surface area contributed by atoms with E-state index in [4.69, 9.17) is 0 Å². The number of hydrogen-bond acceptors (Lipinski definition) is 1. The van der Waals surface area contributed by atoms with E-state index in [2.05, 4.69) is 29.6 Å². The number of unbranched alkanes of at least 4 members (excludes halogenated alkanes) is 2. The lowest BCUT2D eigenvalue weighted by Gasteiger charge is -2.37. The van der Waals surface area contributed by atoms with E-state index in [1.165, 1.54) is 83.1 Å². The van der Waals surface area contributed by atoms with E-state index in [1.807, 2.05) is 0 Å². The Morgan fingerprint density at radius 1 is 0.970 bits per heavy atom. The first-order valence-corrected chi connectivity index (χ1v) is 12.6. The molecule has 0 saturated heterocycles. The summed E-state index contributed by atoms with van der Waals surface area (Å²) in [5.74, 6) is 7.03. The molecule has 1 nitrogen and oxygen atoms in total. The molecule has 0 N–H and O–H groups in total. The number of halogens is 4. The summed E-state index contributed by atoms with van der Waals surface area (Å²) in [5.41, 5.74) is 0.320. The van der Waals surface area contributed by atoms with Crippen molar-refractivity contribution in [2.75, 3.05) is 0 Å². The maximum Gasteiger partial charge on any atom is 0.573 e. The van der Waals surface area contributed by atoms with Gasteiger partial charge in [-0.15, -0.1) is 13.2 Å². The molecule has 0 aliphatic heterocycles. The van der Waals surface area contributed by atoms with Gasteiger partial charge in [0, 0.05) is 5.56 Å². The normalized spacial score (nSPS) is 26.1. The summed E-state index contributed by atoms with van der Waals surface area (Å²) in [4.78, 5) is 0. The second-order valence-electron chi connectivity index (χ2n) is 9.77. The van der Waals surface area contributed by atoms with Gasteiger partial charge < -0.3 is 4.74 Å². The molecule has 2 saturated carbocycles. The fraction of sp³-hybridized carbons (Fsp3) is 0.643. The van der Waals surface area contributed by atoms with Crippen molar-refractivity contribution in [1.82, 2.24) is 0 Å². The quantitative estimate of drug-likeness (QED) is 0.222. The number of rotatable bonds is 7. The van der Waals surface area contributed by atoms with E-state index in [1.54, 1.807) is 6.08 Å². The summed E-state index contributed by atoms with van der Waals surface area (Å²) >= 11 is 0. The van der Waals surface area contributed by atoms with Crippen molar-refractivity contribution in [1.29, 1.82) is 0 Å². The Balaban J connectivity index is 1.39. The Hall–Kier alpha value is -1.96. The van der Waals surface area contributed by atoms with Gasteiger partial charge in [0.1, 0.15) is 0 Å².